The first-order valence-corrected chi connectivity index (χ1v) is 12.2. The van der Waals surface area contributed by atoms with E-state index in [1.165, 1.54) is 12.1 Å². The summed E-state index contributed by atoms with van der Waals surface area (Å²) in [5.41, 5.74) is 2.08. The Bertz CT molecular complexity index is 1380. The van der Waals surface area contributed by atoms with Gasteiger partial charge in [0.05, 0.1) is 16.1 Å². The Morgan fingerprint density at radius 2 is 1.59 bits per heavy atom. The van der Waals surface area contributed by atoms with Crippen molar-refractivity contribution in [1.82, 2.24) is 0 Å². The minimum Gasteiger partial charge on any atom is -0.478 e. The van der Waals surface area contributed by atoms with Crippen LogP contribution in [0, 0.1) is 6.92 Å². The second kappa shape index (κ2) is 12.0. The lowest BCUT2D eigenvalue weighted by atomic mass is 10.1. The number of anilines is 2. The number of aromatic carboxylic acids is 1. The third-order valence-corrected chi connectivity index (χ3v) is 6.84. The molecule has 0 aliphatic heterocycles. The van der Waals surface area contributed by atoms with E-state index in [0.717, 1.165) is 5.56 Å². The van der Waals surface area contributed by atoms with Crippen LogP contribution in [-0.4, -0.2) is 43.8 Å². The predicted octanol–water partition coefficient (Wildman–Crippen LogP) is 5.42. The van der Waals surface area contributed by atoms with Crippen LogP contribution in [0.1, 0.15) is 21.5 Å². The molecular formula is C24H22ClF3N2O6S. The van der Waals surface area contributed by atoms with Crippen molar-refractivity contribution >= 4 is 44.9 Å². The summed E-state index contributed by atoms with van der Waals surface area (Å²) in [5, 5.41) is 17.1. The molecule has 0 amide bonds. The molecule has 0 aliphatic carbocycles. The molecule has 0 atom stereocenters. The van der Waals surface area contributed by atoms with Crippen LogP contribution in [0.4, 0.5) is 24.5 Å². The number of sulfonamides is 1. The summed E-state index contributed by atoms with van der Waals surface area (Å²) in [6.07, 6.45) is -5.08. The van der Waals surface area contributed by atoms with Gasteiger partial charge in [-0.1, -0.05) is 48.0 Å². The van der Waals surface area contributed by atoms with Gasteiger partial charge in [-0.3, -0.25) is 4.72 Å². The van der Waals surface area contributed by atoms with E-state index in [4.69, 9.17) is 21.5 Å². The highest BCUT2D eigenvalue weighted by atomic mass is 35.5. The summed E-state index contributed by atoms with van der Waals surface area (Å²) in [6.45, 7) is 2.12. The highest BCUT2D eigenvalue weighted by Crippen LogP contribution is 2.28. The van der Waals surface area contributed by atoms with Crippen LogP contribution in [0.3, 0.4) is 0 Å². The van der Waals surface area contributed by atoms with Gasteiger partial charge in [0.2, 0.25) is 0 Å². The minimum absolute atomic E-state index is 0.00329. The predicted molar refractivity (Wildman–Crippen MR) is 133 cm³/mol. The van der Waals surface area contributed by atoms with Crippen molar-refractivity contribution in [1.29, 1.82) is 0 Å². The SMILES string of the molecule is Cc1c(Cl)cccc1S(=O)(=O)Nc1ccc(N(C)Cc2ccccc2)c(C(=O)O)c1.O=C(O)C(F)(F)F. The number of carboxylic acid groups (broad SMARTS) is 2. The van der Waals surface area contributed by atoms with Gasteiger partial charge in [-0.05, 0) is 48.4 Å². The van der Waals surface area contributed by atoms with Crippen LogP contribution in [0.25, 0.3) is 0 Å². The van der Waals surface area contributed by atoms with Gasteiger partial charge in [-0.25, -0.2) is 18.0 Å². The Morgan fingerprint density at radius 3 is 2.14 bits per heavy atom. The Kier molecular flexibility index (Phi) is 9.54. The van der Waals surface area contributed by atoms with Gasteiger partial charge in [-0.2, -0.15) is 13.2 Å². The van der Waals surface area contributed by atoms with Crippen molar-refractivity contribution in [2.24, 2.45) is 0 Å². The molecule has 0 heterocycles. The number of aliphatic carboxylic acids is 1. The van der Waals surface area contributed by atoms with Gasteiger partial charge >= 0.3 is 18.1 Å². The summed E-state index contributed by atoms with van der Waals surface area (Å²) < 4.78 is 59.8. The molecule has 8 nitrogen and oxygen atoms in total. The molecule has 3 aromatic rings. The van der Waals surface area contributed by atoms with Gasteiger partial charge in [-0.15, -0.1) is 0 Å². The zero-order valence-corrected chi connectivity index (χ0v) is 21.0. The largest absolute Gasteiger partial charge is 0.490 e. The molecular weight excluding hydrogens is 537 g/mol. The summed E-state index contributed by atoms with van der Waals surface area (Å²) in [7, 11) is -2.15. The first kappa shape index (κ1) is 29.5. The third kappa shape index (κ3) is 8.12. The summed E-state index contributed by atoms with van der Waals surface area (Å²) in [5.74, 6) is -3.91. The van der Waals surface area contributed by atoms with Crippen molar-refractivity contribution in [3.63, 3.8) is 0 Å². The summed E-state index contributed by atoms with van der Waals surface area (Å²) >= 11 is 6.04. The van der Waals surface area contributed by atoms with Gasteiger partial charge in [0.25, 0.3) is 10.0 Å². The standard InChI is InChI=1S/C22H21ClN2O4S.C2HF3O2/c1-15-19(23)9-6-10-21(15)30(28,29)24-17-11-12-20(18(13-17)22(26)27)25(2)14-16-7-4-3-5-8-16;3-2(4,5)1(6)7/h3-13,24H,14H2,1-2H3,(H,26,27);(H,6,7). The number of carboxylic acids is 2. The Morgan fingerprint density at radius 1 is 1.00 bits per heavy atom. The molecule has 3 N–H and O–H groups in total. The van der Waals surface area contributed by atoms with E-state index >= 15 is 0 Å². The molecule has 0 aliphatic rings. The van der Waals surface area contributed by atoms with Crippen molar-refractivity contribution < 1.29 is 41.4 Å². The fraction of sp³-hybridized carbons (Fsp3) is 0.167. The Hall–Kier alpha value is -3.77. The molecule has 0 aromatic heterocycles. The van der Waals surface area contributed by atoms with E-state index in [0.29, 0.717) is 22.8 Å². The maximum Gasteiger partial charge on any atom is 0.490 e. The van der Waals surface area contributed by atoms with E-state index in [9.17, 15) is 31.5 Å². The van der Waals surface area contributed by atoms with Crippen molar-refractivity contribution in [2.45, 2.75) is 24.5 Å². The molecule has 3 rings (SSSR count). The second-order valence-electron chi connectivity index (χ2n) is 7.65. The summed E-state index contributed by atoms with van der Waals surface area (Å²) in [6, 6.07) is 18.7. The van der Waals surface area contributed by atoms with Gasteiger partial charge in [0.1, 0.15) is 0 Å². The lowest BCUT2D eigenvalue weighted by molar-refractivity contribution is -0.192. The first-order chi connectivity index (χ1) is 17.1. The molecule has 0 saturated carbocycles. The Balaban J connectivity index is 0.000000604. The molecule has 198 valence electrons. The number of nitrogens with zero attached hydrogens (tertiary/aromatic N) is 1. The number of halogens is 4. The normalized spacial score (nSPS) is 11.2. The monoisotopic (exact) mass is 558 g/mol. The average Bonchev–Trinajstić information content (AvgIpc) is 2.80. The quantitative estimate of drug-likeness (QED) is 0.354. The number of hydrogen-bond acceptors (Lipinski definition) is 5. The van der Waals surface area contributed by atoms with Crippen LogP contribution in [0.2, 0.25) is 5.02 Å². The van der Waals surface area contributed by atoms with Crippen molar-refractivity contribution in [3.8, 4) is 0 Å². The molecule has 0 spiro atoms. The summed E-state index contributed by atoms with van der Waals surface area (Å²) in [4.78, 5) is 22.6. The number of rotatable bonds is 7. The van der Waals surface area contributed by atoms with Gasteiger partial charge in [0, 0.05) is 24.3 Å². The zero-order valence-electron chi connectivity index (χ0n) is 19.5. The molecule has 13 heteroatoms. The lowest BCUT2D eigenvalue weighted by Gasteiger charge is -2.22. The van der Waals surface area contributed by atoms with Crippen LogP contribution in [-0.2, 0) is 21.4 Å². The number of benzene rings is 3. The molecule has 37 heavy (non-hydrogen) atoms. The number of nitrogens with one attached hydrogen (secondary N) is 1. The Labute approximate surface area is 216 Å². The molecule has 0 bridgehead atoms. The van der Waals surface area contributed by atoms with Crippen LogP contribution in [0.15, 0.2) is 71.6 Å². The van der Waals surface area contributed by atoms with E-state index in [1.54, 1.807) is 43.1 Å². The molecule has 0 radical (unpaired) electrons. The minimum atomic E-state index is -5.08. The smallest absolute Gasteiger partial charge is 0.478 e. The number of alkyl halides is 3. The highest BCUT2D eigenvalue weighted by Gasteiger charge is 2.38. The molecule has 3 aromatic carbocycles. The zero-order chi connectivity index (χ0) is 28.0. The van der Waals surface area contributed by atoms with Crippen LogP contribution >= 0.6 is 11.6 Å². The fourth-order valence-corrected chi connectivity index (χ4v) is 4.68. The molecule has 0 fully saturated rings. The van der Waals surface area contributed by atoms with E-state index in [2.05, 4.69) is 4.72 Å². The number of hydrogen-bond donors (Lipinski definition) is 3. The van der Waals surface area contributed by atoms with Crippen LogP contribution < -0.4 is 9.62 Å². The second-order valence-corrected chi connectivity index (χ2v) is 9.71. The topological polar surface area (TPSA) is 124 Å². The molecule has 0 unspecified atom stereocenters. The first-order valence-electron chi connectivity index (χ1n) is 10.3. The highest BCUT2D eigenvalue weighted by molar-refractivity contribution is 7.92. The third-order valence-electron chi connectivity index (χ3n) is 4.90. The van der Waals surface area contributed by atoms with Crippen LogP contribution in [0.5, 0.6) is 0 Å². The molecule has 0 saturated heterocycles. The van der Waals surface area contributed by atoms with Gasteiger partial charge < -0.3 is 15.1 Å². The average molecular weight is 559 g/mol. The van der Waals surface area contributed by atoms with Crippen molar-refractivity contribution in [2.75, 3.05) is 16.7 Å². The van der Waals surface area contributed by atoms with E-state index < -0.39 is 28.1 Å². The van der Waals surface area contributed by atoms with E-state index in [-0.39, 0.29) is 16.1 Å². The maximum absolute atomic E-state index is 12.8. The van der Waals surface area contributed by atoms with E-state index in [1.807, 2.05) is 30.3 Å². The number of carbonyl (C=O) groups is 2. The van der Waals surface area contributed by atoms with Gasteiger partial charge in [0.15, 0.2) is 0 Å². The van der Waals surface area contributed by atoms with Crippen molar-refractivity contribution in [3.05, 3.63) is 88.4 Å². The fourth-order valence-electron chi connectivity index (χ4n) is 3.14. The lowest BCUT2D eigenvalue weighted by Crippen LogP contribution is -2.21. The maximum atomic E-state index is 12.8.